The minimum Gasteiger partial charge on any atom is -0.378 e. The van der Waals surface area contributed by atoms with Crippen LogP contribution in [0.1, 0.15) is 35.6 Å². The number of hydrogen-bond donors (Lipinski definition) is 1. The van der Waals surface area contributed by atoms with E-state index in [0.29, 0.717) is 13.0 Å². The second-order valence-electron chi connectivity index (χ2n) is 6.15. The minimum atomic E-state index is 0.113. The molecule has 5 heteroatoms. The van der Waals surface area contributed by atoms with Crippen molar-refractivity contribution in [3.8, 4) is 11.3 Å². The molecule has 128 valence electrons. The third kappa shape index (κ3) is 4.65. The van der Waals surface area contributed by atoms with E-state index in [-0.39, 0.29) is 12.0 Å². The molecule has 2 aromatic rings. The van der Waals surface area contributed by atoms with Crippen molar-refractivity contribution < 1.29 is 9.53 Å². The highest BCUT2D eigenvalue weighted by Gasteiger charge is 2.16. The summed E-state index contributed by atoms with van der Waals surface area (Å²) in [6.45, 7) is 3.59. The lowest BCUT2D eigenvalue weighted by molar-refractivity contribution is -0.121. The smallest absolute Gasteiger partial charge is 0.220 e. The SMILES string of the molecule is Cc1sc(CCNC(=O)CCC2CCCO2)nc1-c1ccccc1. The first-order valence-corrected chi connectivity index (χ1v) is 9.44. The van der Waals surface area contributed by atoms with Crippen molar-refractivity contribution in [2.24, 2.45) is 0 Å². The van der Waals surface area contributed by atoms with Gasteiger partial charge in [0.2, 0.25) is 5.91 Å². The first-order valence-electron chi connectivity index (χ1n) is 8.62. The van der Waals surface area contributed by atoms with Crippen molar-refractivity contribution in [1.82, 2.24) is 10.3 Å². The van der Waals surface area contributed by atoms with E-state index >= 15 is 0 Å². The van der Waals surface area contributed by atoms with Crippen LogP contribution in [0.3, 0.4) is 0 Å². The summed E-state index contributed by atoms with van der Waals surface area (Å²) in [4.78, 5) is 17.9. The van der Waals surface area contributed by atoms with Crippen LogP contribution in [-0.4, -0.2) is 30.1 Å². The molecule has 1 saturated heterocycles. The Labute approximate surface area is 147 Å². The van der Waals surface area contributed by atoms with E-state index in [2.05, 4.69) is 24.4 Å². The molecule has 1 amide bonds. The van der Waals surface area contributed by atoms with Gasteiger partial charge in [-0.2, -0.15) is 0 Å². The summed E-state index contributed by atoms with van der Waals surface area (Å²) in [6.07, 6.45) is 4.67. The summed E-state index contributed by atoms with van der Waals surface area (Å²) in [6, 6.07) is 10.2. The fourth-order valence-electron chi connectivity index (χ4n) is 2.98. The van der Waals surface area contributed by atoms with Crippen LogP contribution < -0.4 is 5.32 Å². The third-order valence-corrected chi connectivity index (χ3v) is 5.30. The molecule has 1 atom stereocenters. The van der Waals surface area contributed by atoms with Crippen molar-refractivity contribution >= 4 is 17.2 Å². The van der Waals surface area contributed by atoms with Crippen LogP contribution in [0.15, 0.2) is 30.3 Å². The van der Waals surface area contributed by atoms with Gasteiger partial charge in [0, 0.05) is 36.4 Å². The van der Waals surface area contributed by atoms with Gasteiger partial charge in [0.15, 0.2) is 0 Å². The number of nitrogens with one attached hydrogen (secondary N) is 1. The van der Waals surface area contributed by atoms with E-state index in [1.54, 1.807) is 11.3 Å². The van der Waals surface area contributed by atoms with Gasteiger partial charge in [0.25, 0.3) is 0 Å². The van der Waals surface area contributed by atoms with Gasteiger partial charge in [-0.05, 0) is 26.2 Å². The Kier molecular flexibility index (Phi) is 5.99. The summed E-state index contributed by atoms with van der Waals surface area (Å²) in [5, 5.41) is 4.07. The summed E-state index contributed by atoms with van der Waals surface area (Å²) >= 11 is 1.71. The number of ether oxygens (including phenoxy) is 1. The second-order valence-corrected chi connectivity index (χ2v) is 7.44. The number of nitrogens with zero attached hydrogens (tertiary/aromatic N) is 1. The number of rotatable bonds is 7. The van der Waals surface area contributed by atoms with Gasteiger partial charge >= 0.3 is 0 Å². The molecular formula is C19H24N2O2S. The lowest BCUT2D eigenvalue weighted by Crippen LogP contribution is -2.26. The van der Waals surface area contributed by atoms with Gasteiger partial charge in [-0.25, -0.2) is 4.98 Å². The molecule has 1 unspecified atom stereocenters. The predicted molar refractivity (Wildman–Crippen MR) is 97.2 cm³/mol. The van der Waals surface area contributed by atoms with Crippen LogP contribution in [-0.2, 0) is 16.0 Å². The van der Waals surface area contributed by atoms with E-state index in [9.17, 15) is 4.79 Å². The van der Waals surface area contributed by atoms with Gasteiger partial charge in [-0.1, -0.05) is 30.3 Å². The number of benzene rings is 1. The lowest BCUT2D eigenvalue weighted by Gasteiger charge is -2.08. The van der Waals surface area contributed by atoms with E-state index in [0.717, 1.165) is 48.6 Å². The number of carbonyl (C=O) groups excluding carboxylic acids is 1. The number of carbonyl (C=O) groups is 1. The highest BCUT2D eigenvalue weighted by Crippen LogP contribution is 2.27. The normalized spacial score (nSPS) is 17.1. The molecule has 24 heavy (non-hydrogen) atoms. The second kappa shape index (κ2) is 8.40. The maximum atomic E-state index is 11.9. The van der Waals surface area contributed by atoms with Gasteiger partial charge in [0.05, 0.1) is 16.8 Å². The summed E-state index contributed by atoms with van der Waals surface area (Å²) < 4.78 is 5.55. The topological polar surface area (TPSA) is 51.2 Å². The van der Waals surface area contributed by atoms with Crippen LogP contribution in [0.2, 0.25) is 0 Å². The zero-order valence-electron chi connectivity index (χ0n) is 14.1. The summed E-state index contributed by atoms with van der Waals surface area (Å²) in [5.41, 5.74) is 2.21. The molecule has 3 rings (SSSR count). The Morgan fingerprint density at radius 2 is 2.21 bits per heavy atom. The van der Waals surface area contributed by atoms with Crippen molar-refractivity contribution in [2.75, 3.05) is 13.2 Å². The molecule has 1 aliphatic heterocycles. The zero-order chi connectivity index (χ0) is 16.8. The van der Waals surface area contributed by atoms with Crippen LogP contribution in [0.5, 0.6) is 0 Å². The fraction of sp³-hybridized carbons (Fsp3) is 0.474. The van der Waals surface area contributed by atoms with Crippen molar-refractivity contribution in [3.63, 3.8) is 0 Å². The van der Waals surface area contributed by atoms with Crippen LogP contribution >= 0.6 is 11.3 Å². The molecule has 1 fully saturated rings. The van der Waals surface area contributed by atoms with Crippen molar-refractivity contribution in [3.05, 3.63) is 40.2 Å². The number of aromatic nitrogens is 1. The Morgan fingerprint density at radius 3 is 2.96 bits per heavy atom. The Balaban J connectivity index is 1.44. The first kappa shape index (κ1) is 17.1. The van der Waals surface area contributed by atoms with Gasteiger partial charge in [0.1, 0.15) is 0 Å². The number of thiazole rings is 1. The van der Waals surface area contributed by atoms with E-state index in [4.69, 9.17) is 9.72 Å². The molecule has 0 radical (unpaired) electrons. The molecule has 2 heterocycles. The molecule has 0 spiro atoms. The molecule has 1 aromatic heterocycles. The molecule has 1 aliphatic rings. The maximum Gasteiger partial charge on any atom is 0.220 e. The monoisotopic (exact) mass is 344 g/mol. The van der Waals surface area contributed by atoms with Crippen molar-refractivity contribution in [1.29, 1.82) is 0 Å². The van der Waals surface area contributed by atoms with Crippen LogP contribution in [0.4, 0.5) is 0 Å². The molecule has 1 aromatic carbocycles. The third-order valence-electron chi connectivity index (χ3n) is 4.27. The number of aryl methyl sites for hydroxylation is 1. The highest BCUT2D eigenvalue weighted by molar-refractivity contribution is 7.12. The quantitative estimate of drug-likeness (QED) is 0.832. The summed E-state index contributed by atoms with van der Waals surface area (Å²) in [7, 11) is 0. The molecule has 0 bridgehead atoms. The van der Waals surface area contributed by atoms with E-state index in [1.165, 1.54) is 4.88 Å². The van der Waals surface area contributed by atoms with Crippen molar-refractivity contribution in [2.45, 2.75) is 45.1 Å². The molecule has 0 aliphatic carbocycles. The average Bonchev–Trinajstić information content (AvgIpc) is 3.23. The largest absolute Gasteiger partial charge is 0.378 e. The number of amides is 1. The Hall–Kier alpha value is -1.72. The molecular weight excluding hydrogens is 320 g/mol. The Bertz CT molecular complexity index is 663. The standard InChI is InChI=1S/C19H24N2O2S/c1-14-19(15-6-3-2-4-7-15)21-18(24-14)11-12-20-17(22)10-9-16-8-5-13-23-16/h2-4,6-7,16H,5,8-13H2,1H3,(H,20,22). The predicted octanol–water partition coefficient (Wildman–Crippen LogP) is 3.74. The van der Waals surface area contributed by atoms with Crippen LogP contribution in [0.25, 0.3) is 11.3 Å². The minimum absolute atomic E-state index is 0.113. The van der Waals surface area contributed by atoms with Gasteiger partial charge in [-0.3, -0.25) is 4.79 Å². The highest BCUT2D eigenvalue weighted by atomic mass is 32.1. The van der Waals surface area contributed by atoms with E-state index in [1.807, 2.05) is 18.2 Å². The fourth-order valence-corrected chi connectivity index (χ4v) is 3.94. The average molecular weight is 344 g/mol. The van der Waals surface area contributed by atoms with Gasteiger partial charge in [-0.15, -0.1) is 11.3 Å². The zero-order valence-corrected chi connectivity index (χ0v) is 14.9. The van der Waals surface area contributed by atoms with Crippen LogP contribution in [0, 0.1) is 6.92 Å². The van der Waals surface area contributed by atoms with Gasteiger partial charge < -0.3 is 10.1 Å². The number of hydrogen-bond acceptors (Lipinski definition) is 4. The molecule has 0 saturated carbocycles. The van der Waals surface area contributed by atoms with E-state index < -0.39 is 0 Å². The lowest BCUT2D eigenvalue weighted by atomic mass is 10.1. The first-order chi connectivity index (χ1) is 11.7. The maximum absolute atomic E-state index is 11.9. The molecule has 1 N–H and O–H groups in total. The molecule has 4 nitrogen and oxygen atoms in total. The Morgan fingerprint density at radius 1 is 1.38 bits per heavy atom. The summed E-state index contributed by atoms with van der Waals surface area (Å²) in [5.74, 6) is 0.113.